The average molecular weight is 232 g/mol. The molecule has 1 heterocycles. The number of aromatic nitrogens is 1. The first-order chi connectivity index (χ1) is 7.79. The summed E-state index contributed by atoms with van der Waals surface area (Å²) in [5.41, 5.74) is 2.72. The zero-order valence-electron chi connectivity index (χ0n) is 8.56. The number of halogens is 1. The Labute approximate surface area is 98.9 Å². The monoisotopic (exact) mass is 231 g/mol. The SMILES string of the molecule is O=Cc1ccc(Cc2cccnc2)cc1Cl. The molecular formula is C13H10ClNO. The number of hydrogen-bond acceptors (Lipinski definition) is 2. The van der Waals surface area contributed by atoms with Crippen LogP contribution in [-0.2, 0) is 6.42 Å². The maximum absolute atomic E-state index is 10.6. The minimum atomic E-state index is 0.497. The lowest BCUT2D eigenvalue weighted by Crippen LogP contribution is -1.90. The fourth-order valence-corrected chi connectivity index (χ4v) is 1.76. The van der Waals surface area contributed by atoms with Gasteiger partial charge in [0.25, 0.3) is 0 Å². The average Bonchev–Trinajstić information content (AvgIpc) is 2.31. The molecule has 2 rings (SSSR count). The van der Waals surface area contributed by atoms with Gasteiger partial charge in [0.2, 0.25) is 0 Å². The summed E-state index contributed by atoms with van der Waals surface area (Å²) in [6.07, 6.45) is 5.09. The predicted molar refractivity (Wildman–Crippen MR) is 63.9 cm³/mol. The Morgan fingerprint density at radius 1 is 1.25 bits per heavy atom. The third-order valence-electron chi connectivity index (χ3n) is 2.32. The molecular weight excluding hydrogens is 222 g/mol. The Morgan fingerprint density at radius 2 is 2.12 bits per heavy atom. The summed E-state index contributed by atoms with van der Waals surface area (Å²) in [4.78, 5) is 14.7. The number of hydrogen-bond donors (Lipinski definition) is 0. The molecule has 0 spiro atoms. The van der Waals surface area contributed by atoms with E-state index >= 15 is 0 Å². The lowest BCUT2D eigenvalue weighted by Gasteiger charge is -2.03. The Morgan fingerprint density at radius 3 is 2.75 bits per heavy atom. The molecule has 0 aliphatic heterocycles. The molecule has 3 heteroatoms. The first-order valence-corrected chi connectivity index (χ1v) is 5.30. The van der Waals surface area contributed by atoms with Gasteiger partial charge in [0.05, 0.1) is 5.02 Å². The van der Waals surface area contributed by atoms with Crippen molar-refractivity contribution in [3.05, 3.63) is 64.4 Å². The molecule has 1 aromatic heterocycles. The van der Waals surface area contributed by atoms with E-state index in [0.29, 0.717) is 10.6 Å². The number of carbonyl (C=O) groups is 1. The van der Waals surface area contributed by atoms with Crippen LogP contribution in [0, 0.1) is 0 Å². The fourth-order valence-electron chi connectivity index (χ4n) is 1.51. The van der Waals surface area contributed by atoms with Gasteiger partial charge in [0.15, 0.2) is 6.29 Å². The van der Waals surface area contributed by atoms with Gasteiger partial charge in [0.1, 0.15) is 0 Å². The van der Waals surface area contributed by atoms with Gasteiger partial charge in [-0.05, 0) is 35.7 Å². The number of carbonyl (C=O) groups excluding carboxylic acids is 1. The molecule has 0 saturated heterocycles. The Hall–Kier alpha value is -1.67. The molecule has 0 amide bonds. The first kappa shape index (κ1) is 10.8. The fraction of sp³-hybridized carbons (Fsp3) is 0.0769. The molecule has 0 aliphatic carbocycles. The summed E-state index contributed by atoms with van der Waals surface area (Å²) in [5, 5.41) is 0.497. The molecule has 0 atom stereocenters. The van der Waals surface area contributed by atoms with Gasteiger partial charge in [-0.25, -0.2) is 0 Å². The highest BCUT2D eigenvalue weighted by Gasteiger charge is 2.01. The van der Waals surface area contributed by atoms with Gasteiger partial charge in [-0.3, -0.25) is 9.78 Å². The van der Waals surface area contributed by atoms with Crippen molar-refractivity contribution in [3.63, 3.8) is 0 Å². The number of rotatable bonds is 3. The zero-order chi connectivity index (χ0) is 11.4. The molecule has 0 saturated carbocycles. The third-order valence-corrected chi connectivity index (χ3v) is 2.65. The minimum Gasteiger partial charge on any atom is -0.298 e. The van der Waals surface area contributed by atoms with E-state index in [0.717, 1.165) is 23.8 Å². The van der Waals surface area contributed by atoms with Crippen LogP contribution in [0.2, 0.25) is 5.02 Å². The molecule has 0 unspecified atom stereocenters. The van der Waals surface area contributed by atoms with Gasteiger partial charge >= 0.3 is 0 Å². The molecule has 0 radical (unpaired) electrons. The van der Waals surface area contributed by atoms with E-state index in [4.69, 9.17) is 11.6 Å². The van der Waals surface area contributed by atoms with Crippen molar-refractivity contribution in [2.45, 2.75) is 6.42 Å². The van der Waals surface area contributed by atoms with E-state index < -0.39 is 0 Å². The summed E-state index contributed by atoms with van der Waals surface area (Å²) in [7, 11) is 0. The lowest BCUT2D eigenvalue weighted by atomic mass is 10.1. The van der Waals surface area contributed by atoms with Gasteiger partial charge in [0, 0.05) is 18.0 Å². The smallest absolute Gasteiger partial charge is 0.151 e. The summed E-state index contributed by atoms with van der Waals surface area (Å²) in [5.74, 6) is 0. The van der Waals surface area contributed by atoms with E-state index in [1.54, 1.807) is 12.3 Å². The Kier molecular flexibility index (Phi) is 3.32. The molecule has 0 bridgehead atoms. The number of nitrogens with zero attached hydrogens (tertiary/aromatic N) is 1. The maximum Gasteiger partial charge on any atom is 0.151 e. The normalized spacial score (nSPS) is 10.1. The lowest BCUT2D eigenvalue weighted by molar-refractivity contribution is 0.112. The van der Waals surface area contributed by atoms with E-state index in [-0.39, 0.29) is 0 Å². The Bertz CT molecular complexity index is 497. The highest BCUT2D eigenvalue weighted by Crippen LogP contribution is 2.18. The van der Waals surface area contributed by atoms with Gasteiger partial charge in [-0.15, -0.1) is 0 Å². The molecule has 2 nitrogen and oxygen atoms in total. The van der Waals surface area contributed by atoms with Crippen molar-refractivity contribution in [1.82, 2.24) is 4.98 Å². The van der Waals surface area contributed by atoms with Gasteiger partial charge < -0.3 is 0 Å². The van der Waals surface area contributed by atoms with Gasteiger partial charge in [-0.2, -0.15) is 0 Å². The van der Waals surface area contributed by atoms with E-state index in [1.165, 1.54) is 0 Å². The molecule has 1 aromatic carbocycles. The third kappa shape index (κ3) is 2.47. The quantitative estimate of drug-likeness (QED) is 0.760. The summed E-state index contributed by atoms with van der Waals surface area (Å²) >= 11 is 5.95. The second-order valence-corrected chi connectivity index (χ2v) is 3.92. The summed E-state index contributed by atoms with van der Waals surface area (Å²) < 4.78 is 0. The van der Waals surface area contributed by atoms with Crippen molar-refractivity contribution in [2.75, 3.05) is 0 Å². The number of aldehydes is 1. The van der Waals surface area contributed by atoms with Crippen molar-refractivity contribution in [3.8, 4) is 0 Å². The van der Waals surface area contributed by atoms with E-state index in [1.807, 2.05) is 30.5 Å². The molecule has 0 fully saturated rings. The molecule has 80 valence electrons. The molecule has 0 N–H and O–H groups in total. The van der Waals surface area contributed by atoms with Crippen LogP contribution in [0.4, 0.5) is 0 Å². The highest BCUT2D eigenvalue weighted by molar-refractivity contribution is 6.33. The van der Waals surface area contributed by atoms with Crippen molar-refractivity contribution >= 4 is 17.9 Å². The zero-order valence-corrected chi connectivity index (χ0v) is 9.32. The van der Waals surface area contributed by atoms with Crippen LogP contribution >= 0.6 is 11.6 Å². The highest BCUT2D eigenvalue weighted by atomic mass is 35.5. The van der Waals surface area contributed by atoms with Crippen LogP contribution in [0.25, 0.3) is 0 Å². The maximum atomic E-state index is 10.6. The first-order valence-electron chi connectivity index (χ1n) is 4.92. The second kappa shape index (κ2) is 4.90. The van der Waals surface area contributed by atoms with Crippen LogP contribution < -0.4 is 0 Å². The van der Waals surface area contributed by atoms with E-state index in [2.05, 4.69) is 4.98 Å². The molecule has 16 heavy (non-hydrogen) atoms. The van der Waals surface area contributed by atoms with Crippen LogP contribution in [0.15, 0.2) is 42.7 Å². The van der Waals surface area contributed by atoms with Crippen molar-refractivity contribution in [2.24, 2.45) is 0 Å². The van der Waals surface area contributed by atoms with Crippen LogP contribution in [0.3, 0.4) is 0 Å². The van der Waals surface area contributed by atoms with Crippen LogP contribution in [0.5, 0.6) is 0 Å². The van der Waals surface area contributed by atoms with Crippen LogP contribution in [-0.4, -0.2) is 11.3 Å². The topological polar surface area (TPSA) is 30.0 Å². The number of benzene rings is 1. The second-order valence-electron chi connectivity index (χ2n) is 3.51. The summed E-state index contributed by atoms with van der Waals surface area (Å²) in [6.45, 7) is 0. The van der Waals surface area contributed by atoms with Crippen molar-refractivity contribution in [1.29, 1.82) is 0 Å². The van der Waals surface area contributed by atoms with E-state index in [9.17, 15) is 4.79 Å². The van der Waals surface area contributed by atoms with Crippen molar-refractivity contribution < 1.29 is 4.79 Å². The summed E-state index contributed by atoms with van der Waals surface area (Å²) in [6, 6.07) is 9.37. The Balaban J connectivity index is 2.23. The largest absolute Gasteiger partial charge is 0.298 e. The number of pyridine rings is 1. The van der Waals surface area contributed by atoms with Gasteiger partial charge in [-0.1, -0.05) is 23.7 Å². The minimum absolute atomic E-state index is 0.497. The predicted octanol–water partition coefficient (Wildman–Crippen LogP) is 3.14. The molecule has 0 aliphatic rings. The molecule has 2 aromatic rings. The standard InChI is InChI=1S/C13H10ClNO/c14-13-7-10(3-4-12(13)9-16)6-11-2-1-5-15-8-11/h1-5,7-9H,6H2. The van der Waals surface area contributed by atoms with Crippen LogP contribution in [0.1, 0.15) is 21.5 Å².